The first kappa shape index (κ1) is 19.7. The van der Waals surface area contributed by atoms with E-state index in [1.54, 1.807) is 18.3 Å². The van der Waals surface area contributed by atoms with E-state index >= 15 is 0 Å². The summed E-state index contributed by atoms with van der Waals surface area (Å²) in [5, 5.41) is 3.43. The van der Waals surface area contributed by atoms with Gasteiger partial charge in [-0.25, -0.2) is 20.4 Å². The van der Waals surface area contributed by atoms with Crippen molar-refractivity contribution in [3.63, 3.8) is 0 Å². The number of oxazole rings is 1. The van der Waals surface area contributed by atoms with E-state index in [0.717, 1.165) is 29.5 Å². The molecule has 2 aliphatic rings. The molecule has 0 radical (unpaired) electrons. The Kier molecular flexibility index (Phi) is 4.95. The van der Waals surface area contributed by atoms with Crippen LogP contribution >= 0.6 is 11.6 Å². The Morgan fingerprint density at radius 2 is 2.06 bits per heavy atom. The van der Waals surface area contributed by atoms with Crippen LogP contribution < -0.4 is 16.2 Å². The van der Waals surface area contributed by atoms with Crippen molar-refractivity contribution in [1.82, 2.24) is 20.8 Å². The first-order chi connectivity index (χ1) is 15.0. The molecule has 31 heavy (non-hydrogen) atoms. The second-order valence-electron chi connectivity index (χ2n) is 7.75. The van der Waals surface area contributed by atoms with Gasteiger partial charge in [0, 0.05) is 23.2 Å². The number of halogens is 1. The molecule has 1 fully saturated rings. The molecule has 3 heterocycles. The molecular formula is C22H21ClN6O2. The number of rotatable bonds is 5. The van der Waals surface area contributed by atoms with E-state index < -0.39 is 0 Å². The normalized spacial score (nSPS) is 17.9. The fraction of sp³-hybridized carbons (Fsp3) is 0.273. The summed E-state index contributed by atoms with van der Waals surface area (Å²) in [5.74, 6) is 2.05. The Labute approximate surface area is 184 Å². The van der Waals surface area contributed by atoms with Gasteiger partial charge in [-0.3, -0.25) is 4.79 Å². The number of nitrogens with zero attached hydrogens (tertiary/aromatic N) is 3. The molecule has 5 rings (SSSR count). The molecule has 9 heteroatoms. The number of aryl methyl sites for hydroxylation is 1. The van der Waals surface area contributed by atoms with Crippen molar-refractivity contribution in [3.05, 3.63) is 52.8 Å². The molecular weight excluding hydrogens is 416 g/mol. The number of pyridine rings is 1. The molecule has 1 aliphatic carbocycles. The number of anilines is 1. The van der Waals surface area contributed by atoms with Crippen LogP contribution in [0.4, 0.5) is 5.82 Å². The van der Waals surface area contributed by atoms with Gasteiger partial charge >= 0.3 is 0 Å². The summed E-state index contributed by atoms with van der Waals surface area (Å²) in [6.07, 6.45) is 3.46. The molecule has 1 aliphatic heterocycles. The number of benzene rings is 1. The maximum atomic E-state index is 12.2. The number of aromatic nitrogens is 2. The highest BCUT2D eigenvalue weighted by molar-refractivity contribution is 6.33. The molecule has 1 unspecified atom stereocenters. The van der Waals surface area contributed by atoms with Crippen LogP contribution in [-0.4, -0.2) is 27.9 Å². The second kappa shape index (κ2) is 7.79. The fourth-order valence-corrected chi connectivity index (χ4v) is 3.59. The lowest BCUT2D eigenvalue weighted by atomic mass is 10.1. The molecule has 1 amide bonds. The Balaban J connectivity index is 1.59. The Morgan fingerprint density at radius 1 is 1.26 bits per heavy atom. The SMILES string of the molecule is Cc1cnc(NC(=O)C2CC2)cc1-c1nc(C2=NC(C)NN2)c(-c2ccccc2Cl)o1. The largest absolute Gasteiger partial charge is 0.435 e. The van der Waals surface area contributed by atoms with Crippen LogP contribution in [0.1, 0.15) is 31.0 Å². The lowest BCUT2D eigenvalue weighted by molar-refractivity contribution is -0.117. The van der Waals surface area contributed by atoms with Gasteiger partial charge in [-0.1, -0.05) is 23.7 Å². The second-order valence-corrected chi connectivity index (χ2v) is 8.15. The monoisotopic (exact) mass is 436 g/mol. The van der Waals surface area contributed by atoms with E-state index in [9.17, 15) is 4.79 Å². The third-order valence-corrected chi connectivity index (χ3v) is 5.55. The first-order valence-corrected chi connectivity index (χ1v) is 10.5. The lowest BCUT2D eigenvalue weighted by Crippen LogP contribution is -2.34. The van der Waals surface area contributed by atoms with Crippen LogP contribution in [-0.2, 0) is 4.79 Å². The van der Waals surface area contributed by atoms with Crippen LogP contribution in [0, 0.1) is 12.8 Å². The number of hydrazine groups is 1. The fourth-order valence-electron chi connectivity index (χ4n) is 3.37. The highest BCUT2D eigenvalue weighted by atomic mass is 35.5. The summed E-state index contributed by atoms with van der Waals surface area (Å²) in [4.78, 5) is 25.8. The van der Waals surface area contributed by atoms with Crippen LogP contribution in [0.3, 0.4) is 0 Å². The van der Waals surface area contributed by atoms with Crippen LogP contribution in [0.15, 0.2) is 45.9 Å². The smallest absolute Gasteiger partial charge is 0.228 e. The zero-order valence-corrected chi connectivity index (χ0v) is 17.8. The lowest BCUT2D eigenvalue weighted by Gasteiger charge is -2.07. The molecule has 1 aromatic carbocycles. The average molecular weight is 437 g/mol. The minimum Gasteiger partial charge on any atom is -0.435 e. The van der Waals surface area contributed by atoms with Crippen molar-refractivity contribution in [2.24, 2.45) is 10.9 Å². The zero-order valence-electron chi connectivity index (χ0n) is 17.1. The van der Waals surface area contributed by atoms with Gasteiger partial charge in [-0.2, -0.15) is 0 Å². The molecule has 8 nitrogen and oxygen atoms in total. The molecule has 0 saturated heterocycles. The summed E-state index contributed by atoms with van der Waals surface area (Å²) in [6.45, 7) is 3.85. The molecule has 3 N–H and O–H groups in total. The topological polar surface area (TPSA) is 104 Å². The maximum Gasteiger partial charge on any atom is 0.228 e. The quantitative estimate of drug-likeness (QED) is 0.560. The van der Waals surface area contributed by atoms with Crippen LogP contribution in [0.5, 0.6) is 0 Å². The summed E-state index contributed by atoms with van der Waals surface area (Å²) >= 11 is 6.45. The highest BCUT2D eigenvalue weighted by Gasteiger charge is 2.30. The minimum absolute atomic E-state index is 0.00303. The number of carbonyl (C=O) groups is 1. The predicted molar refractivity (Wildman–Crippen MR) is 119 cm³/mol. The predicted octanol–water partition coefficient (Wildman–Crippen LogP) is 3.91. The number of amidine groups is 1. The summed E-state index contributed by atoms with van der Waals surface area (Å²) in [7, 11) is 0. The van der Waals surface area contributed by atoms with E-state index in [4.69, 9.17) is 21.0 Å². The Bertz CT molecular complexity index is 1200. The highest BCUT2D eigenvalue weighted by Crippen LogP contribution is 2.36. The molecule has 158 valence electrons. The molecule has 1 saturated carbocycles. The van der Waals surface area contributed by atoms with Gasteiger partial charge in [0.15, 0.2) is 17.3 Å². The third kappa shape index (κ3) is 3.92. The Hall–Kier alpha value is -3.23. The van der Waals surface area contributed by atoms with E-state index in [-0.39, 0.29) is 18.0 Å². The number of hydrogen-bond acceptors (Lipinski definition) is 7. The number of amides is 1. The first-order valence-electron chi connectivity index (χ1n) is 10.1. The molecule has 0 bridgehead atoms. The molecule has 1 atom stereocenters. The van der Waals surface area contributed by atoms with Crippen molar-refractivity contribution in [2.75, 3.05) is 5.32 Å². The van der Waals surface area contributed by atoms with E-state index in [2.05, 4.69) is 26.1 Å². The van der Waals surface area contributed by atoms with Crippen molar-refractivity contribution in [3.8, 4) is 22.8 Å². The van der Waals surface area contributed by atoms with E-state index in [0.29, 0.717) is 34.0 Å². The molecule has 2 aromatic heterocycles. The zero-order chi connectivity index (χ0) is 21.5. The molecule has 0 spiro atoms. The standard InChI is InChI=1S/C22H21ClN6O2/c1-11-10-24-17(26-21(30)13-7-8-13)9-15(11)22-27-18(20-25-12(2)28-29-20)19(31-22)14-5-3-4-6-16(14)23/h3-6,9-10,12-13,28H,7-8H2,1-2H3,(H,25,29)(H,24,26,30). The van der Waals surface area contributed by atoms with Crippen molar-refractivity contribution >= 4 is 29.2 Å². The van der Waals surface area contributed by atoms with Gasteiger partial charge < -0.3 is 15.2 Å². The number of hydrogen-bond donors (Lipinski definition) is 3. The van der Waals surface area contributed by atoms with Crippen molar-refractivity contribution in [1.29, 1.82) is 0 Å². The number of aliphatic imine (C=N–C) groups is 1. The Morgan fingerprint density at radius 3 is 2.77 bits per heavy atom. The minimum atomic E-state index is -0.0962. The van der Waals surface area contributed by atoms with Gasteiger partial charge in [0.2, 0.25) is 11.8 Å². The van der Waals surface area contributed by atoms with Crippen molar-refractivity contribution in [2.45, 2.75) is 32.9 Å². The van der Waals surface area contributed by atoms with E-state index in [1.807, 2.05) is 32.0 Å². The summed E-state index contributed by atoms with van der Waals surface area (Å²) in [5.41, 5.74) is 8.98. The number of carbonyl (C=O) groups excluding carboxylic acids is 1. The molecule has 3 aromatic rings. The maximum absolute atomic E-state index is 12.2. The van der Waals surface area contributed by atoms with Crippen molar-refractivity contribution < 1.29 is 9.21 Å². The summed E-state index contributed by atoms with van der Waals surface area (Å²) < 4.78 is 6.23. The van der Waals surface area contributed by atoms with E-state index in [1.165, 1.54) is 0 Å². The van der Waals surface area contributed by atoms with Crippen LogP contribution in [0.2, 0.25) is 5.02 Å². The van der Waals surface area contributed by atoms with Gasteiger partial charge in [0.25, 0.3) is 0 Å². The van der Waals surface area contributed by atoms with Crippen LogP contribution in [0.25, 0.3) is 22.8 Å². The number of nitrogens with one attached hydrogen (secondary N) is 3. The third-order valence-electron chi connectivity index (χ3n) is 5.23. The van der Waals surface area contributed by atoms with Gasteiger partial charge in [-0.15, -0.1) is 0 Å². The van der Waals surface area contributed by atoms with Gasteiger partial charge in [-0.05, 0) is 50.5 Å². The van der Waals surface area contributed by atoms with Gasteiger partial charge in [0.1, 0.15) is 12.0 Å². The van der Waals surface area contributed by atoms with Gasteiger partial charge in [0.05, 0.1) is 5.02 Å². The summed E-state index contributed by atoms with van der Waals surface area (Å²) in [6, 6.07) is 9.22. The average Bonchev–Trinajstić information content (AvgIpc) is 3.39.